The summed E-state index contributed by atoms with van der Waals surface area (Å²) in [6.45, 7) is 6.26. The highest BCUT2D eigenvalue weighted by molar-refractivity contribution is 5.25. The van der Waals surface area contributed by atoms with Gasteiger partial charge in [-0.25, -0.2) is 0 Å². The van der Waals surface area contributed by atoms with Crippen LogP contribution in [0, 0.1) is 0 Å². The molecule has 0 aliphatic carbocycles. The topological polar surface area (TPSA) is 43.4 Å². The lowest BCUT2D eigenvalue weighted by Gasteiger charge is -2.17. The summed E-state index contributed by atoms with van der Waals surface area (Å²) in [5.41, 5.74) is 1.17. The van der Waals surface area contributed by atoms with Gasteiger partial charge in [0, 0.05) is 25.5 Å². The van der Waals surface area contributed by atoms with E-state index in [-0.39, 0.29) is 0 Å². The van der Waals surface area contributed by atoms with Gasteiger partial charge in [0.1, 0.15) is 5.75 Å². The maximum Gasteiger partial charge on any atom is 0.137 e. The first-order chi connectivity index (χ1) is 8.81. The molecule has 0 radical (unpaired) electrons. The van der Waals surface area contributed by atoms with Crippen molar-refractivity contribution in [3.05, 3.63) is 24.0 Å². The van der Waals surface area contributed by atoms with Crippen molar-refractivity contribution in [3.63, 3.8) is 0 Å². The van der Waals surface area contributed by atoms with Gasteiger partial charge in [-0.3, -0.25) is 4.98 Å². The summed E-state index contributed by atoms with van der Waals surface area (Å²) in [5.74, 6) is 0.833. The number of rotatable bonds is 9. The molecule has 1 rings (SSSR count). The quantitative estimate of drug-likeness (QED) is 0.686. The van der Waals surface area contributed by atoms with Crippen LogP contribution in [0.2, 0.25) is 0 Å². The second kappa shape index (κ2) is 8.89. The smallest absolute Gasteiger partial charge is 0.137 e. The van der Waals surface area contributed by atoms with Crippen molar-refractivity contribution in [2.75, 3.05) is 26.9 Å². The lowest BCUT2D eigenvalue weighted by molar-refractivity contribution is 0.141. The van der Waals surface area contributed by atoms with Crippen LogP contribution in [0.4, 0.5) is 0 Å². The molecule has 0 aliphatic rings. The summed E-state index contributed by atoms with van der Waals surface area (Å²) < 4.78 is 10.8. The van der Waals surface area contributed by atoms with Crippen molar-refractivity contribution >= 4 is 0 Å². The van der Waals surface area contributed by atoms with Crippen LogP contribution in [0.15, 0.2) is 18.5 Å². The van der Waals surface area contributed by atoms with Gasteiger partial charge in [-0.1, -0.05) is 0 Å². The molecule has 1 aromatic heterocycles. The molecule has 1 unspecified atom stereocenters. The molecule has 1 N–H and O–H groups in total. The highest BCUT2D eigenvalue weighted by atomic mass is 16.5. The summed E-state index contributed by atoms with van der Waals surface area (Å²) in [6, 6.07) is 2.36. The Balaban J connectivity index is 2.54. The van der Waals surface area contributed by atoms with Gasteiger partial charge in [-0.15, -0.1) is 0 Å². The lowest BCUT2D eigenvalue weighted by atomic mass is 10.0. The van der Waals surface area contributed by atoms with Crippen molar-refractivity contribution in [1.29, 1.82) is 0 Å². The molecule has 102 valence electrons. The minimum absolute atomic E-state index is 0.304. The predicted octanol–water partition coefficient (Wildman–Crippen LogP) is 2.56. The van der Waals surface area contributed by atoms with E-state index in [9.17, 15) is 0 Å². The first-order valence-corrected chi connectivity index (χ1v) is 6.64. The van der Waals surface area contributed by atoms with E-state index in [0.717, 1.165) is 31.8 Å². The largest absolute Gasteiger partial charge is 0.492 e. The number of aromatic nitrogens is 1. The maximum absolute atomic E-state index is 5.47. The van der Waals surface area contributed by atoms with Gasteiger partial charge in [0.15, 0.2) is 0 Å². The van der Waals surface area contributed by atoms with Gasteiger partial charge in [0.2, 0.25) is 0 Å². The maximum atomic E-state index is 5.47. The van der Waals surface area contributed by atoms with Crippen LogP contribution < -0.4 is 10.1 Å². The van der Waals surface area contributed by atoms with Gasteiger partial charge < -0.3 is 14.8 Å². The normalized spacial score (nSPS) is 12.4. The summed E-state index contributed by atoms with van der Waals surface area (Å²) in [6.07, 6.45) is 5.72. The van der Waals surface area contributed by atoms with E-state index in [1.807, 2.05) is 27.1 Å². The molecule has 4 heteroatoms. The highest BCUT2D eigenvalue weighted by Crippen LogP contribution is 2.21. The van der Waals surface area contributed by atoms with Crippen molar-refractivity contribution < 1.29 is 9.47 Å². The van der Waals surface area contributed by atoms with Crippen molar-refractivity contribution in [2.24, 2.45) is 0 Å². The van der Waals surface area contributed by atoms with Gasteiger partial charge in [0.25, 0.3) is 0 Å². The van der Waals surface area contributed by atoms with Gasteiger partial charge in [-0.2, -0.15) is 0 Å². The fourth-order valence-corrected chi connectivity index (χ4v) is 1.88. The summed E-state index contributed by atoms with van der Waals surface area (Å²) in [7, 11) is 1.97. The van der Waals surface area contributed by atoms with Crippen LogP contribution in [0.1, 0.15) is 38.3 Å². The molecule has 0 saturated heterocycles. The standard InChI is InChI=1S/C14H24N2O2/c1-4-17-8-6-7-14(15-3)12-9-13(18-5-2)11-16-10-12/h9-11,14-15H,4-8H2,1-3H3. The highest BCUT2D eigenvalue weighted by Gasteiger charge is 2.10. The molecular weight excluding hydrogens is 228 g/mol. The number of nitrogens with one attached hydrogen (secondary N) is 1. The van der Waals surface area contributed by atoms with E-state index in [1.165, 1.54) is 5.56 Å². The number of nitrogens with zero attached hydrogens (tertiary/aromatic N) is 1. The zero-order chi connectivity index (χ0) is 13.2. The molecule has 0 spiro atoms. The molecule has 1 heterocycles. The molecule has 18 heavy (non-hydrogen) atoms. The molecule has 0 bridgehead atoms. The predicted molar refractivity (Wildman–Crippen MR) is 72.9 cm³/mol. The SMILES string of the molecule is CCOCCCC(NC)c1cncc(OCC)c1. The average molecular weight is 252 g/mol. The third kappa shape index (κ3) is 5.02. The first kappa shape index (κ1) is 14.9. The molecule has 0 aliphatic heterocycles. The molecule has 1 aromatic rings. The van der Waals surface area contributed by atoms with Gasteiger partial charge in [-0.05, 0) is 45.4 Å². The average Bonchev–Trinajstić information content (AvgIpc) is 2.40. The van der Waals surface area contributed by atoms with Crippen LogP contribution in [0.3, 0.4) is 0 Å². The first-order valence-electron chi connectivity index (χ1n) is 6.64. The van der Waals surface area contributed by atoms with Crippen LogP contribution in [-0.2, 0) is 4.74 Å². The second-order valence-corrected chi connectivity index (χ2v) is 4.07. The summed E-state index contributed by atoms with van der Waals surface area (Å²) in [5, 5.41) is 3.31. The van der Waals surface area contributed by atoms with E-state index >= 15 is 0 Å². The molecule has 0 amide bonds. The number of ether oxygens (including phenoxy) is 2. The zero-order valence-corrected chi connectivity index (χ0v) is 11.6. The van der Waals surface area contributed by atoms with E-state index in [0.29, 0.717) is 12.6 Å². The number of pyridine rings is 1. The Labute approximate surface area is 110 Å². The third-order valence-electron chi connectivity index (χ3n) is 2.78. The van der Waals surface area contributed by atoms with Crippen LogP contribution in [0.5, 0.6) is 5.75 Å². The summed E-state index contributed by atoms with van der Waals surface area (Å²) >= 11 is 0. The Morgan fingerprint density at radius 2 is 2.11 bits per heavy atom. The Morgan fingerprint density at radius 1 is 1.28 bits per heavy atom. The van der Waals surface area contributed by atoms with E-state index in [2.05, 4.69) is 16.4 Å². The third-order valence-corrected chi connectivity index (χ3v) is 2.78. The minimum Gasteiger partial charge on any atom is -0.492 e. The van der Waals surface area contributed by atoms with Crippen LogP contribution in [0.25, 0.3) is 0 Å². The van der Waals surface area contributed by atoms with Gasteiger partial charge in [0.05, 0.1) is 12.8 Å². The molecule has 1 atom stereocenters. The molecule has 0 saturated carbocycles. The second-order valence-electron chi connectivity index (χ2n) is 4.07. The van der Waals surface area contributed by atoms with E-state index < -0.39 is 0 Å². The Bertz CT molecular complexity index is 331. The minimum atomic E-state index is 0.304. The monoisotopic (exact) mass is 252 g/mol. The molecular formula is C14H24N2O2. The van der Waals surface area contributed by atoms with Crippen molar-refractivity contribution in [3.8, 4) is 5.75 Å². The fourth-order valence-electron chi connectivity index (χ4n) is 1.88. The fraction of sp³-hybridized carbons (Fsp3) is 0.643. The molecule has 0 aromatic carbocycles. The molecule has 0 fully saturated rings. The van der Waals surface area contributed by atoms with E-state index in [1.54, 1.807) is 6.20 Å². The Hall–Kier alpha value is -1.13. The van der Waals surface area contributed by atoms with Crippen LogP contribution >= 0.6 is 0 Å². The van der Waals surface area contributed by atoms with Crippen LogP contribution in [-0.4, -0.2) is 31.9 Å². The Morgan fingerprint density at radius 3 is 2.78 bits per heavy atom. The number of hydrogen-bond donors (Lipinski definition) is 1. The lowest BCUT2D eigenvalue weighted by Crippen LogP contribution is -2.17. The molecule has 4 nitrogen and oxygen atoms in total. The van der Waals surface area contributed by atoms with Crippen molar-refractivity contribution in [1.82, 2.24) is 10.3 Å². The van der Waals surface area contributed by atoms with Crippen molar-refractivity contribution in [2.45, 2.75) is 32.7 Å². The zero-order valence-electron chi connectivity index (χ0n) is 11.6. The summed E-state index contributed by atoms with van der Waals surface area (Å²) in [4.78, 5) is 4.22. The van der Waals surface area contributed by atoms with E-state index in [4.69, 9.17) is 9.47 Å². The van der Waals surface area contributed by atoms with Gasteiger partial charge >= 0.3 is 0 Å². The number of hydrogen-bond acceptors (Lipinski definition) is 4. The Kier molecular flexibility index (Phi) is 7.37.